The fraction of sp³-hybridized carbons (Fsp3) is 0.737. The molecule has 1 N–H and O–H groups in total. The zero-order valence-corrected chi connectivity index (χ0v) is 16.7. The minimum absolute atomic E-state index is 0.0610. The third-order valence-corrected chi connectivity index (χ3v) is 4.09. The van der Waals surface area contributed by atoms with E-state index in [0.29, 0.717) is 18.8 Å². The van der Waals surface area contributed by atoms with E-state index in [1.54, 1.807) is 9.58 Å². The molecule has 6 nitrogen and oxygen atoms in total. The van der Waals surface area contributed by atoms with E-state index in [9.17, 15) is 9.59 Å². The van der Waals surface area contributed by atoms with Crippen LogP contribution in [-0.4, -0.2) is 39.6 Å². The summed E-state index contributed by atoms with van der Waals surface area (Å²) in [5.41, 5.74) is 0.843. The second-order valence-corrected chi connectivity index (χ2v) is 7.61. The number of carbonyl (C=O) groups excluding carboxylic acids is 2. The maximum atomic E-state index is 12.4. The van der Waals surface area contributed by atoms with Gasteiger partial charge in [-0.15, -0.1) is 0 Å². The Balaban J connectivity index is 2.69. The number of carbonyl (C=O) groups is 2. The minimum Gasteiger partial charge on any atom is -0.333 e. The van der Waals surface area contributed by atoms with Gasteiger partial charge in [-0.05, 0) is 12.8 Å². The molecule has 25 heavy (non-hydrogen) atoms. The van der Waals surface area contributed by atoms with Crippen LogP contribution in [0, 0.1) is 0 Å². The molecule has 0 aliphatic carbocycles. The second kappa shape index (κ2) is 9.59. The molecule has 0 saturated heterocycles. The van der Waals surface area contributed by atoms with Crippen LogP contribution >= 0.6 is 0 Å². The van der Waals surface area contributed by atoms with Crippen molar-refractivity contribution in [3.63, 3.8) is 0 Å². The first-order valence-corrected chi connectivity index (χ1v) is 9.31. The van der Waals surface area contributed by atoms with Crippen LogP contribution in [0.1, 0.15) is 72.4 Å². The average Bonchev–Trinajstić information content (AvgIpc) is 2.88. The summed E-state index contributed by atoms with van der Waals surface area (Å²) < 4.78 is 1.67. The molecule has 2 amide bonds. The maximum Gasteiger partial charge on any atom is 0.245 e. The van der Waals surface area contributed by atoms with Gasteiger partial charge in [0.25, 0.3) is 0 Å². The van der Waals surface area contributed by atoms with Gasteiger partial charge in [-0.2, -0.15) is 5.10 Å². The Bertz CT molecular complexity index is 572. The van der Waals surface area contributed by atoms with E-state index in [4.69, 9.17) is 0 Å². The fourth-order valence-electron chi connectivity index (χ4n) is 2.55. The van der Waals surface area contributed by atoms with Crippen LogP contribution in [0.15, 0.2) is 6.07 Å². The van der Waals surface area contributed by atoms with Crippen molar-refractivity contribution >= 4 is 17.6 Å². The summed E-state index contributed by atoms with van der Waals surface area (Å²) in [7, 11) is 1.81. The largest absolute Gasteiger partial charge is 0.333 e. The Morgan fingerprint density at radius 2 is 1.88 bits per heavy atom. The van der Waals surface area contributed by atoms with Gasteiger partial charge in [0, 0.05) is 31.5 Å². The van der Waals surface area contributed by atoms with Crippen molar-refractivity contribution in [3.8, 4) is 0 Å². The number of rotatable bonds is 9. The number of nitrogens with zero attached hydrogens (tertiary/aromatic N) is 3. The van der Waals surface area contributed by atoms with Crippen molar-refractivity contribution in [1.82, 2.24) is 14.7 Å². The fourth-order valence-corrected chi connectivity index (χ4v) is 2.55. The third kappa shape index (κ3) is 6.88. The Labute approximate surface area is 152 Å². The number of hydrogen-bond acceptors (Lipinski definition) is 3. The molecule has 0 aliphatic rings. The summed E-state index contributed by atoms with van der Waals surface area (Å²) in [6, 6.07) is 1.89. The topological polar surface area (TPSA) is 67.2 Å². The smallest absolute Gasteiger partial charge is 0.245 e. The van der Waals surface area contributed by atoms with E-state index < -0.39 is 0 Å². The monoisotopic (exact) mass is 350 g/mol. The van der Waals surface area contributed by atoms with Crippen molar-refractivity contribution in [3.05, 3.63) is 11.8 Å². The summed E-state index contributed by atoms with van der Waals surface area (Å²) in [5, 5.41) is 7.34. The molecule has 0 saturated carbocycles. The molecule has 0 aliphatic heterocycles. The second-order valence-electron chi connectivity index (χ2n) is 7.61. The number of nitrogens with one attached hydrogen (secondary N) is 1. The molecule has 1 aromatic heterocycles. The lowest BCUT2D eigenvalue weighted by Crippen LogP contribution is -2.38. The lowest BCUT2D eigenvalue weighted by atomic mass is 9.92. The van der Waals surface area contributed by atoms with E-state index in [2.05, 4.69) is 38.1 Å². The summed E-state index contributed by atoms with van der Waals surface area (Å²) >= 11 is 0. The van der Waals surface area contributed by atoms with Crippen LogP contribution in [0.2, 0.25) is 0 Å². The van der Waals surface area contributed by atoms with Gasteiger partial charge in [-0.25, -0.2) is 0 Å². The lowest BCUT2D eigenvalue weighted by molar-refractivity contribution is -0.134. The Morgan fingerprint density at radius 1 is 1.20 bits per heavy atom. The molecule has 0 aromatic carbocycles. The molecule has 142 valence electrons. The summed E-state index contributed by atoms with van der Waals surface area (Å²) in [5.74, 6) is 0.538. The molecule has 0 radical (unpaired) electrons. The van der Waals surface area contributed by atoms with Crippen molar-refractivity contribution in [2.45, 2.75) is 72.1 Å². The van der Waals surface area contributed by atoms with Gasteiger partial charge < -0.3 is 10.2 Å². The molecule has 0 spiro atoms. The molecule has 0 unspecified atom stereocenters. The van der Waals surface area contributed by atoms with Crippen molar-refractivity contribution < 1.29 is 9.59 Å². The molecule has 1 heterocycles. The molecular formula is C19H34N4O2. The Kier molecular flexibility index (Phi) is 8.13. The highest BCUT2D eigenvalue weighted by molar-refractivity contribution is 5.94. The van der Waals surface area contributed by atoms with Crippen LogP contribution in [0.4, 0.5) is 5.82 Å². The van der Waals surface area contributed by atoms with Gasteiger partial charge in [-0.1, -0.05) is 47.5 Å². The van der Waals surface area contributed by atoms with E-state index in [-0.39, 0.29) is 23.8 Å². The number of amides is 2. The molecule has 1 rings (SSSR count). The van der Waals surface area contributed by atoms with Gasteiger partial charge in [-0.3, -0.25) is 14.3 Å². The van der Waals surface area contributed by atoms with Crippen LogP contribution in [-0.2, 0) is 22.1 Å². The van der Waals surface area contributed by atoms with Gasteiger partial charge in [0.15, 0.2) is 0 Å². The predicted molar refractivity (Wildman–Crippen MR) is 102 cm³/mol. The van der Waals surface area contributed by atoms with E-state index >= 15 is 0 Å². The highest BCUT2D eigenvalue weighted by Gasteiger charge is 2.21. The number of anilines is 1. The number of aromatic nitrogens is 2. The van der Waals surface area contributed by atoms with Gasteiger partial charge in [0.2, 0.25) is 11.8 Å². The lowest BCUT2D eigenvalue weighted by Gasteiger charge is -2.21. The van der Waals surface area contributed by atoms with Crippen molar-refractivity contribution in [1.29, 1.82) is 0 Å². The highest BCUT2D eigenvalue weighted by atomic mass is 16.2. The maximum absolute atomic E-state index is 12.4. The van der Waals surface area contributed by atoms with Gasteiger partial charge in [0.1, 0.15) is 5.82 Å². The first kappa shape index (κ1) is 21.2. The Morgan fingerprint density at radius 3 is 2.40 bits per heavy atom. The van der Waals surface area contributed by atoms with Crippen LogP contribution in [0.25, 0.3) is 0 Å². The molecule has 0 bridgehead atoms. The average molecular weight is 351 g/mol. The molecular weight excluding hydrogens is 316 g/mol. The van der Waals surface area contributed by atoms with Crippen molar-refractivity contribution in [2.24, 2.45) is 7.05 Å². The first-order valence-electron chi connectivity index (χ1n) is 9.31. The predicted octanol–water partition coefficient (Wildman–Crippen LogP) is 3.48. The normalized spacial score (nSPS) is 11.4. The number of hydrogen-bond donors (Lipinski definition) is 1. The number of aryl methyl sites for hydroxylation is 1. The van der Waals surface area contributed by atoms with E-state index in [1.807, 2.05) is 20.0 Å². The van der Waals surface area contributed by atoms with Crippen LogP contribution in [0.5, 0.6) is 0 Å². The Hall–Kier alpha value is -1.85. The molecule has 1 aromatic rings. The summed E-state index contributed by atoms with van der Waals surface area (Å²) in [6.07, 6.45) is 4.36. The quantitative estimate of drug-likeness (QED) is 0.693. The first-order chi connectivity index (χ1) is 11.7. The molecule has 0 fully saturated rings. The standard InChI is InChI=1S/C19H34N4O2/c1-7-9-10-11-18(25)23(12-8-2)14-17(24)20-16-13-15(19(3,4)5)21-22(16)6/h13H,7-12,14H2,1-6H3,(H,20,24). The van der Waals surface area contributed by atoms with Crippen LogP contribution < -0.4 is 5.32 Å². The van der Waals surface area contributed by atoms with Crippen LogP contribution in [0.3, 0.4) is 0 Å². The third-order valence-electron chi connectivity index (χ3n) is 4.09. The number of unbranched alkanes of at least 4 members (excludes halogenated alkanes) is 2. The van der Waals surface area contributed by atoms with Gasteiger partial charge in [0.05, 0.1) is 12.2 Å². The van der Waals surface area contributed by atoms with Gasteiger partial charge >= 0.3 is 0 Å². The zero-order valence-electron chi connectivity index (χ0n) is 16.7. The highest BCUT2D eigenvalue weighted by Crippen LogP contribution is 2.23. The molecule has 6 heteroatoms. The SMILES string of the molecule is CCCCCC(=O)N(CCC)CC(=O)Nc1cc(C(C)(C)C)nn1C. The zero-order chi connectivity index (χ0) is 19.0. The summed E-state index contributed by atoms with van der Waals surface area (Å²) in [6.45, 7) is 11.1. The van der Waals surface area contributed by atoms with E-state index in [1.165, 1.54) is 0 Å². The van der Waals surface area contributed by atoms with Crippen molar-refractivity contribution in [2.75, 3.05) is 18.4 Å². The van der Waals surface area contributed by atoms with E-state index in [0.717, 1.165) is 31.4 Å². The molecule has 0 atom stereocenters. The minimum atomic E-state index is -0.180. The summed E-state index contributed by atoms with van der Waals surface area (Å²) in [4.78, 5) is 26.4.